The fourth-order valence-electron chi connectivity index (χ4n) is 0.441. The summed E-state index contributed by atoms with van der Waals surface area (Å²) in [5.41, 5.74) is 0. The molecule has 0 rings (SSSR count). The van der Waals surface area contributed by atoms with Gasteiger partial charge < -0.3 is 25.2 Å². The van der Waals surface area contributed by atoms with Crippen LogP contribution in [0.5, 0.6) is 0 Å². The standard InChI is InChI=1S/C5H9ClO5/c6-1-2(7)3(8)4(9)5(10)11/h2-4,7-9H,1H2,(H,10,11)/p-1/t2-,3-,4-/m1/s1. The summed E-state index contributed by atoms with van der Waals surface area (Å²) in [7, 11) is 0. The first-order valence-corrected chi connectivity index (χ1v) is 3.35. The van der Waals surface area contributed by atoms with E-state index < -0.39 is 24.3 Å². The summed E-state index contributed by atoms with van der Waals surface area (Å²) in [6.45, 7) is 0. The Morgan fingerprint density at radius 1 is 1.45 bits per heavy atom. The second-order valence-electron chi connectivity index (χ2n) is 1.98. The second-order valence-corrected chi connectivity index (χ2v) is 2.28. The van der Waals surface area contributed by atoms with Crippen molar-refractivity contribution in [2.24, 2.45) is 0 Å². The van der Waals surface area contributed by atoms with E-state index in [9.17, 15) is 9.90 Å². The van der Waals surface area contributed by atoms with Crippen molar-refractivity contribution in [3.63, 3.8) is 0 Å². The quantitative estimate of drug-likeness (QED) is 0.405. The average molecular weight is 184 g/mol. The van der Waals surface area contributed by atoms with Gasteiger partial charge in [0.15, 0.2) is 0 Å². The summed E-state index contributed by atoms with van der Waals surface area (Å²) >= 11 is 5.06. The minimum Gasteiger partial charge on any atom is -0.547 e. The zero-order valence-electron chi connectivity index (χ0n) is 5.48. The van der Waals surface area contributed by atoms with E-state index in [1.54, 1.807) is 0 Å². The van der Waals surface area contributed by atoms with E-state index in [2.05, 4.69) is 0 Å². The fourth-order valence-corrected chi connectivity index (χ4v) is 0.624. The number of aliphatic hydroxyl groups is 3. The number of aliphatic carboxylic acids is 1. The first kappa shape index (κ1) is 10.6. The van der Waals surface area contributed by atoms with Gasteiger partial charge in [0.2, 0.25) is 0 Å². The first-order valence-electron chi connectivity index (χ1n) is 2.81. The maximum Gasteiger partial charge on any atom is 0.122 e. The molecule has 6 heteroatoms. The van der Waals surface area contributed by atoms with Gasteiger partial charge >= 0.3 is 0 Å². The highest BCUT2D eigenvalue weighted by molar-refractivity contribution is 6.18. The summed E-state index contributed by atoms with van der Waals surface area (Å²) < 4.78 is 0. The van der Waals surface area contributed by atoms with Crippen molar-refractivity contribution in [2.75, 3.05) is 5.88 Å². The van der Waals surface area contributed by atoms with Crippen LogP contribution in [0.4, 0.5) is 0 Å². The molecule has 0 bridgehead atoms. The summed E-state index contributed by atoms with van der Waals surface area (Å²) in [5, 5.41) is 35.9. The fraction of sp³-hybridized carbons (Fsp3) is 0.800. The number of carboxylic acid groups (broad SMARTS) is 1. The molecule has 0 spiro atoms. The third-order valence-corrected chi connectivity index (χ3v) is 1.43. The van der Waals surface area contributed by atoms with Crippen LogP contribution in [0.3, 0.4) is 0 Å². The molecule has 0 radical (unpaired) electrons. The van der Waals surface area contributed by atoms with Crippen LogP contribution < -0.4 is 5.11 Å². The van der Waals surface area contributed by atoms with Gasteiger partial charge in [-0.2, -0.15) is 0 Å². The second kappa shape index (κ2) is 4.50. The molecule has 0 heterocycles. The van der Waals surface area contributed by atoms with Gasteiger partial charge in [-0.3, -0.25) is 0 Å². The van der Waals surface area contributed by atoms with Crippen LogP contribution in [0.2, 0.25) is 0 Å². The Bertz CT molecular complexity index is 139. The highest BCUT2D eigenvalue weighted by Crippen LogP contribution is 2.01. The van der Waals surface area contributed by atoms with Crippen molar-refractivity contribution in [1.82, 2.24) is 0 Å². The molecule has 0 aromatic carbocycles. The number of hydrogen-bond acceptors (Lipinski definition) is 5. The smallest absolute Gasteiger partial charge is 0.122 e. The van der Waals surface area contributed by atoms with E-state index in [4.69, 9.17) is 26.9 Å². The number of rotatable bonds is 4. The van der Waals surface area contributed by atoms with Gasteiger partial charge in [0.25, 0.3) is 0 Å². The molecule has 66 valence electrons. The van der Waals surface area contributed by atoms with E-state index in [0.717, 1.165) is 0 Å². The van der Waals surface area contributed by atoms with Gasteiger partial charge in [-0.05, 0) is 0 Å². The summed E-state index contributed by atoms with van der Waals surface area (Å²) in [4.78, 5) is 9.89. The summed E-state index contributed by atoms with van der Waals surface area (Å²) in [5.74, 6) is -2.20. The van der Waals surface area contributed by atoms with E-state index in [0.29, 0.717) is 0 Å². The Balaban J connectivity index is 4.00. The lowest BCUT2D eigenvalue weighted by atomic mass is 10.1. The normalized spacial score (nSPS) is 18.9. The Labute approximate surface area is 67.8 Å². The molecule has 0 aromatic rings. The van der Waals surface area contributed by atoms with Crippen LogP contribution in [0.1, 0.15) is 0 Å². The largest absolute Gasteiger partial charge is 0.547 e. The number of hydrogen-bond donors (Lipinski definition) is 3. The molecule has 0 aliphatic heterocycles. The molecule has 11 heavy (non-hydrogen) atoms. The van der Waals surface area contributed by atoms with Gasteiger partial charge in [0.05, 0.1) is 18.0 Å². The van der Waals surface area contributed by atoms with E-state index in [-0.39, 0.29) is 5.88 Å². The molecule has 0 fully saturated rings. The number of carbonyl (C=O) groups is 1. The lowest BCUT2D eigenvalue weighted by Crippen LogP contribution is -2.48. The molecule has 0 aliphatic carbocycles. The predicted molar refractivity (Wildman–Crippen MR) is 33.7 cm³/mol. The minimum atomic E-state index is -2.11. The first-order chi connectivity index (χ1) is 5.00. The van der Waals surface area contributed by atoms with Crippen LogP contribution in [0.15, 0.2) is 0 Å². The third kappa shape index (κ3) is 3.02. The molecule has 0 saturated carbocycles. The molecule has 0 aliphatic rings. The zero-order chi connectivity index (χ0) is 9.02. The molecular formula is C5H8ClO5-. The Hall–Kier alpha value is -0.360. The summed E-state index contributed by atoms with van der Waals surface area (Å²) in [6.07, 6.45) is -5.38. The summed E-state index contributed by atoms with van der Waals surface area (Å²) in [6, 6.07) is 0. The molecule has 0 saturated heterocycles. The molecule has 0 amide bonds. The number of alkyl halides is 1. The maximum absolute atomic E-state index is 9.89. The molecular weight excluding hydrogens is 176 g/mol. The predicted octanol–water partition coefficient (Wildman–Crippen LogP) is -2.94. The minimum absolute atomic E-state index is 0.356. The van der Waals surface area contributed by atoms with Gasteiger partial charge in [-0.15, -0.1) is 11.6 Å². The van der Waals surface area contributed by atoms with Crippen LogP contribution in [0, 0.1) is 0 Å². The Kier molecular flexibility index (Phi) is 4.36. The SMILES string of the molecule is O=C([O-])[C@H](O)[C@H](O)[C@H](O)CCl. The number of carboxylic acids is 1. The maximum atomic E-state index is 9.89. The molecule has 5 nitrogen and oxygen atoms in total. The Morgan fingerprint density at radius 2 is 1.91 bits per heavy atom. The highest BCUT2D eigenvalue weighted by atomic mass is 35.5. The van der Waals surface area contributed by atoms with Crippen molar-refractivity contribution in [3.05, 3.63) is 0 Å². The van der Waals surface area contributed by atoms with Gasteiger partial charge in [-0.1, -0.05) is 0 Å². The van der Waals surface area contributed by atoms with Crippen LogP contribution in [-0.2, 0) is 4.79 Å². The van der Waals surface area contributed by atoms with Crippen molar-refractivity contribution < 1.29 is 25.2 Å². The van der Waals surface area contributed by atoms with E-state index in [1.165, 1.54) is 0 Å². The van der Waals surface area contributed by atoms with E-state index in [1.807, 2.05) is 0 Å². The lowest BCUT2D eigenvalue weighted by Gasteiger charge is -2.21. The molecule has 0 unspecified atom stereocenters. The van der Waals surface area contributed by atoms with Gasteiger partial charge in [0.1, 0.15) is 12.2 Å². The molecule has 3 atom stereocenters. The Morgan fingerprint density at radius 3 is 2.18 bits per heavy atom. The lowest BCUT2D eigenvalue weighted by molar-refractivity contribution is -0.319. The average Bonchev–Trinajstić information content (AvgIpc) is 2.00. The van der Waals surface area contributed by atoms with E-state index >= 15 is 0 Å². The van der Waals surface area contributed by atoms with Crippen LogP contribution in [-0.4, -0.2) is 45.5 Å². The molecule has 0 aromatic heterocycles. The number of halogens is 1. The topological polar surface area (TPSA) is 101 Å². The van der Waals surface area contributed by atoms with Crippen molar-refractivity contribution in [1.29, 1.82) is 0 Å². The van der Waals surface area contributed by atoms with Gasteiger partial charge in [-0.25, -0.2) is 0 Å². The third-order valence-electron chi connectivity index (χ3n) is 1.12. The van der Waals surface area contributed by atoms with Crippen LogP contribution >= 0.6 is 11.6 Å². The van der Waals surface area contributed by atoms with Gasteiger partial charge in [0, 0.05) is 0 Å². The van der Waals surface area contributed by atoms with Crippen molar-refractivity contribution >= 4 is 17.6 Å². The van der Waals surface area contributed by atoms with Crippen LogP contribution in [0.25, 0.3) is 0 Å². The monoisotopic (exact) mass is 183 g/mol. The molecule has 3 N–H and O–H groups in total. The zero-order valence-corrected chi connectivity index (χ0v) is 6.23. The van der Waals surface area contributed by atoms with Crippen molar-refractivity contribution in [2.45, 2.75) is 18.3 Å². The van der Waals surface area contributed by atoms with Crippen molar-refractivity contribution in [3.8, 4) is 0 Å². The number of aliphatic hydroxyl groups excluding tert-OH is 3. The highest BCUT2D eigenvalue weighted by Gasteiger charge is 2.24. The number of carbonyl (C=O) groups excluding carboxylic acids is 1.